The summed E-state index contributed by atoms with van der Waals surface area (Å²) in [7, 11) is 0. The summed E-state index contributed by atoms with van der Waals surface area (Å²) < 4.78 is 1.47. The van der Waals surface area contributed by atoms with Gasteiger partial charge >= 0.3 is 5.69 Å². The minimum atomic E-state index is -0.757. The average molecular weight is 327 g/mol. The lowest BCUT2D eigenvalue weighted by Gasteiger charge is -2.06. The van der Waals surface area contributed by atoms with Crippen LogP contribution in [0.5, 0.6) is 5.75 Å². The van der Waals surface area contributed by atoms with Gasteiger partial charge in [0.25, 0.3) is 5.91 Å². The van der Waals surface area contributed by atoms with E-state index in [9.17, 15) is 14.7 Å². The molecule has 124 valence electrons. The van der Waals surface area contributed by atoms with Crippen LogP contribution in [0.2, 0.25) is 0 Å². The van der Waals surface area contributed by atoms with Crippen LogP contribution in [0.15, 0.2) is 29.1 Å². The molecule has 0 spiro atoms. The zero-order valence-corrected chi connectivity index (χ0v) is 13.1. The number of carbonyl (C=O) groups is 1. The summed E-state index contributed by atoms with van der Waals surface area (Å²) in [6.07, 6.45) is 1.70. The minimum absolute atomic E-state index is 0.0502. The van der Waals surface area contributed by atoms with Gasteiger partial charge in [-0.2, -0.15) is 0 Å². The van der Waals surface area contributed by atoms with Crippen LogP contribution in [0.1, 0.15) is 30.3 Å². The summed E-state index contributed by atoms with van der Waals surface area (Å²) >= 11 is 0. The molecule has 0 fully saturated rings. The van der Waals surface area contributed by atoms with E-state index in [1.165, 1.54) is 16.7 Å². The summed E-state index contributed by atoms with van der Waals surface area (Å²) in [6, 6.07) is 6.34. The number of fused-ring (bicyclic) bond motifs is 1. The number of hydrogen-bond acceptors (Lipinski definition) is 5. The van der Waals surface area contributed by atoms with Gasteiger partial charge in [0.05, 0.1) is 0 Å². The van der Waals surface area contributed by atoms with E-state index in [0.717, 1.165) is 12.8 Å². The van der Waals surface area contributed by atoms with E-state index in [2.05, 4.69) is 15.0 Å². The molecule has 2 heterocycles. The highest BCUT2D eigenvalue weighted by atomic mass is 16.3. The number of aryl methyl sites for hydroxylation is 1. The van der Waals surface area contributed by atoms with Crippen LogP contribution in [0.3, 0.4) is 0 Å². The maximum absolute atomic E-state index is 12.2. The SMILES string of the molecule is CCCCn1c(=O)[nH]c2c(C(N)=O)nc(-c3cccc(O)c3)nc21. The third-order valence-electron chi connectivity index (χ3n) is 3.70. The van der Waals surface area contributed by atoms with Crippen molar-refractivity contribution >= 4 is 17.1 Å². The van der Waals surface area contributed by atoms with E-state index >= 15 is 0 Å². The van der Waals surface area contributed by atoms with Crippen LogP contribution in [-0.2, 0) is 6.54 Å². The van der Waals surface area contributed by atoms with Gasteiger partial charge in [-0.25, -0.2) is 14.8 Å². The van der Waals surface area contributed by atoms with Crippen LogP contribution >= 0.6 is 0 Å². The first-order valence-corrected chi connectivity index (χ1v) is 7.61. The lowest BCUT2D eigenvalue weighted by atomic mass is 10.2. The van der Waals surface area contributed by atoms with Crippen LogP contribution in [-0.4, -0.2) is 30.5 Å². The van der Waals surface area contributed by atoms with Gasteiger partial charge in [0.2, 0.25) is 0 Å². The molecule has 1 aromatic carbocycles. The highest BCUT2D eigenvalue weighted by Gasteiger charge is 2.19. The van der Waals surface area contributed by atoms with Gasteiger partial charge in [0, 0.05) is 12.1 Å². The largest absolute Gasteiger partial charge is 0.508 e. The molecular formula is C16H17N5O3. The summed E-state index contributed by atoms with van der Waals surface area (Å²) in [5.41, 5.74) is 6.08. The number of H-pyrrole nitrogens is 1. The maximum Gasteiger partial charge on any atom is 0.327 e. The highest BCUT2D eigenvalue weighted by Crippen LogP contribution is 2.23. The lowest BCUT2D eigenvalue weighted by molar-refractivity contribution is 0.0997. The van der Waals surface area contributed by atoms with E-state index in [-0.39, 0.29) is 28.5 Å². The molecule has 3 aromatic rings. The molecule has 0 aliphatic carbocycles. The quantitative estimate of drug-likeness (QED) is 0.652. The van der Waals surface area contributed by atoms with Crippen molar-refractivity contribution in [1.82, 2.24) is 19.5 Å². The number of amides is 1. The summed E-state index contributed by atoms with van der Waals surface area (Å²) in [6.45, 7) is 2.49. The van der Waals surface area contributed by atoms with E-state index in [0.29, 0.717) is 17.8 Å². The molecule has 8 nitrogen and oxygen atoms in total. The van der Waals surface area contributed by atoms with Crippen molar-refractivity contribution in [3.8, 4) is 17.1 Å². The molecule has 0 unspecified atom stereocenters. The highest BCUT2D eigenvalue weighted by molar-refractivity contribution is 6.01. The van der Waals surface area contributed by atoms with E-state index in [4.69, 9.17) is 5.73 Å². The number of rotatable bonds is 5. The standard InChI is InChI=1S/C16H17N5O3/c1-2-3-7-21-15-12(19-16(21)24)11(13(17)23)18-14(20-15)9-5-4-6-10(22)8-9/h4-6,8,22H,2-3,7H2,1H3,(H2,17,23)(H,19,24). The summed E-state index contributed by atoms with van der Waals surface area (Å²) in [5.74, 6) is -0.488. The Labute approximate surface area is 137 Å². The number of aromatic hydroxyl groups is 1. The number of aromatic amines is 1. The van der Waals surface area contributed by atoms with Crippen molar-refractivity contribution in [2.75, 3.05) is 0 Å². The van der Waals surface area contributed by atoms with Crippen LogP contribution < -0.4 is 11.4 Å². The number of hydrogen-bond donors (Lipinski definition) is 3. The molecule has 24 heavy (non-hydrogen) atoms. The first-order chi connectivity index (χ1) is 11.5. The lowest BCUT2D eigenvalue weighted by Crippen LogP contribution is -2.17. The van der Waals surface area contributed by atoms with Gasteiger partial charge in [0.1, 0.15) is 11.3 Å². The predicted molar refractivity (Wildman–Crippen MR) is 88.7 cm³/mol. The topological polar surface area (TPSA) is 127 Å². The van der Waals surface area contributed by atoms with Gasteiger partial charge in [-0.15, -0.1) is 0 Å². The molecule has 2 aromatic heterocycles. The fraction of sp³-hybridized carbons (Fsp3) is 0.250. The number of nitrogens with zero attached hydrogens (tertiary/aromatic N) is 3. The Balaban J connectivity index is 2.28. The molecule has 0 atom stereocenters. The van der Waals surface area contributed by atoms with E-state index < -0.39 is 5.91 Å². The zero-order valence-electron chi connectivity index (χ0n) is 13.1. The molecule has 0 bridgehead atoms. The van der Waals surface area contributed by atoms with Crippen molar-refractivity contribution in [3.05, 3.63) is 40.4 Å². The number of nitrogens with one attached hydrogen (secondary N) is 1. The van der Waals surface area contributed by atoms with Gasteiger partial charge in [0.15, 0.2) is 17.2 Å². The second-order valence-electron chi connectivity index (χ2n) is 5.44. The Morgan fingerprint density at radius 2 is 2.17 bits per heavy atom. The third-order valence-corrected chi connectivity index (χ3v) is 3.70. The van der Waals surface area contributed by atoms with Crippen molar-refractivity contribution in [2.45, 2.75) is 26.3 Å². The number of carbonyl (C=O) groups excluding carboxylic acids is 1. The van der Waals surface area contributed by atoms with Gasteiger partial charge in [-0.05, 0) is 18.6 Å². The van der Waals surface area contributed by atoms with E-state index in [1.54, 1.807) is 12.1 Å². The van der Waals surface area contributed by atoms with Crippen molar-refractivity contribution in [2.24, 2.45) is 5.73 Å². The first-order valence-electron chi connectivity index (χ1n) is 7.61. The van der Waals surface area contributed by atoms with Crippen molar-refractivity contribution in [3.63, 3.8) is 0 Å². The van der Waals surface area contributed by atoms with Gasteiger partial charge in [-0.3, -0.25) is 9.36 Å². The second-order valence-corrected chi connectivity index (χ2v) is 5.44. The molecule has 8 heteroatoms. The second kappa shape index (κ2) is 6.15. The van der Waals surface area contributed by atoms with Gasteiger partial charge < -0.3 is 15.8 Å². The smallest absolute Gasteiger partial charge is 0.327 e. The van der Waals surface area contributed by atoms with Crippen molar-refractivity contribution in [1.29, 1.82) is 0 Å². The molecule has 1 amide bonds. The molecule has 0 saturated carbocycles. The van der Waals surface area contributed by atoms with Crippen LogP contribution in [0.4, 0.5) is 0 Å². The number of benzene rings is 1. The number of phenols is 1. The normalized spacial score (nSPS) is 11.0. The fourth-order valence-electron chi connectivity index (χ4n) is 2.51. The first kappa shape index (κ1) is 15.7. The number of phenolic OH excluding ortho intramolecular Hbond substituents is 1. The maximum atomic E-state index is 12.2. The average Bonchev–Trinajstić information content (AvgIpc) is 2.87. The molecule has 3 rings (SSSR count). The monoisotopic (exact) mass is 327 g/mol. The summed E-state index contributed by atoms with van der Waals surface area (Å²) in [5, 5.41) is 9.63. The predicted octanol–water partition coefficient (Wildman–Crippen LogP) is 1.39. The minimum Gasteiger partial charge on any atom is -0.508 e. The summed E-state index contributed by atoms with van der Waals surface area (Å²) in [4.78, 5) is 35.1. The zero-order chi connectivity index (χ0) is 17.3. The molecule has 4 N–H and O–H groups in total. The van der Waals surface area contributed by atoms with E-state index in [1.807, 2.05) is 6.92 Å². The van der Waals surface area contributed by atoms with Crippen LogP contribution in [0, 0.1) is 0 Å². The third kappa shape index (κ3) is 2.73. The molecule has 0 saturated heterocycles. The Bertz CT molecular complexity index is 973. The number of imidazole rings is 1. The Kier molecular flexibility index (Phi) is 4.03. The Morgan fingerprint density at radius 1 is 1.38 bits per heavy atom. The Hall–Kier alpha value is -3.16. The Morgan fingerprint density at radius 3 is 2.83 bits per heavy atom. The van der Waals surface area contributed by atoms with Gasteiger partial charge in [-0.1, -0.05) is 25.5 Å². The van der Waals surface area contributed by atoms with Crippen molar-refractivity contribution < 1.29 is 9.90 Å². The number of aromatic nitrogens is 4. The molecule has 0 aliphatic heterocycles. The number of primary amides is 1. The number of nitrogens with two attached hydrogens (primary N) is 1. The molecule has 0 radical (unpaired) electrons. The van der Waals surface area contributed by atoms with Crippen LogP contribution in [0.25, 0.3) is 22.6 Å². The molecule has 0 aliphatic rings. The number of unbranched alkanes of at least 4 members (excludes halogenated alkanes) is 1. The molecular weight excluding hydrogens is 310 g/mol. The fourth-order valence-corrected chi connectivity index (χ4v) is 2.51.